The van der Waals surface area contributed by atoms with Gasteiger partial charge >= 0.3 is 0 Å². The molecule has 6 heteroatoms. The van der Waals surface area contributed by atoms with Crippen molar-refractivity contribution in [3.8, 4) is 5.75 Å². The van der Waals surface area contributed by atoms with Crippen LogP contribution in [-0.2, 0) is 9.59 Å². The molecule has 1 aromatic rings. The lowest BCUT2D eigenvalue weighted by atomic mass is 9.94. The molecule has 1 aliphatic rings. The second kappa shape index (κ2) is 9.57. The smallest absolute Gasteiger partial charge is 0.239 e. The number of hydrogen-bond donors (Lipinski definition) is 1. The number of methoxy groups -OCH3 is 1. The molecule has 6 nitrogen and oxygen atoms in total. The molecule has 1 aromatic carbocycles. The Morgan fingerprint density at radius 2 is 1.92 bits per heavy atom. The summed E-state index contributed by atoms with van der Waals surface area (Å²) in [7, 11) is 5.28. The summed E-state index contributed by atoms with van der Waals surface area (Å²) >= 11 is 0. The zero-order chi connectivity index (χ0) is 19.1. The Morgan fingerprint density at radius 3 is 2.58 bits per heavy atom. The molecule has 0 radical (unpaired) electrons. The van der Waals surface area contributed by atoms with Crippen LogP contribution in [0.1, 0.15) is 39.0 Å². The number of rotatable bonds is 7. The number of hydrogen-bond acceptors (Lipinski definition) is 4. The highest BCUT2D eigenvalue weighted by Crippen LogP contribution is 2.22. The van der Waals surface area contributed by atoms with E-state index in [1.807, 2.05) is 44.1 Å². The maximum absolute atomic E-state index is 12.7. The first-order valence-corrected chi connectivity index (χ1v) is 9.33. The topological polar surface area (TPSA) is 61.9 Å². The Kier molecular flexibility index (Phi) is 7.45. The van der Waals surface area contributed by atoms with E-state index in [-0.39, 0.29) is 24.4 Å². The van der Waals surface area contributed by atoms with Gasteiger partial charge in [-0.05, 0) is 38.9 Å². The van der Waals surface area contributed by atoms with Gasteiger partial charge in [0.2, 0.25) is 11.8 Å². The molecule has 144 valence electrons. The number of ether oxygens (including phenoxy) is 1. The molecule has 26 heavy (non-hydrogen) atoms. The Labute approximate surface area is 156 Å². The van der Waals surface area contributed by atoms with Gasteiger partial charge in [-0.3, -0.25) is 14.5 Å². The van der Waals surface area contributed by atoms with Gasteiger partial charge in [-0.2, -0.15) is 0 Å². The number of nitrogens with one attached hydrogen (secondary N) is 1. The van der Waals surface area contributed by atoms with Gasteiger partial charge in [0.25, 0.3) is 0 Å². The molecule has 2 amide bonds. The molecule has 0 aromatic heterocycles. The fourth-order valence-corrected chi connectivity index (χ4v) is 3.40. The number of benzene rings is 1. The first kappa shape index (κ1) is 20.2. The van der Waals surface area contributed by atoms with Crippen LogP contribution in [0.2, 0.25) is 0 Å². The number of anilines is 1. The summed E-state index contributed by atoms with van der Waals surface area (Å²) in [6.45, 7) is 2.02. The van der Waals surface area contributed by atoms with Crippen LogP contribution in [0.5, 0.6) is 5.75 Å². The molecule has 1 N–H and O–H groups in total. The molecule has 1 atom stereocenters. The third kappa shape index (κ3) is 5.46. The maximum Gasteiger partial charge on any atom is 0.239 e. The zero-order valence-corrected chi connectivity index (χ0v) is 16.3. The van der Waals surface area contributed by atoms with Crippen LogP contribution in [-0.4, -0.2) is 61.4 Å². The van der Waals surface area contributed by atoms with Crippen molar-refractivity contribution < 1.29 is 14.3 Å². The molecule has 0 spiro atoms. The Bertz CT molecular complexity index is 614. The summed E-state index contributed by atoms with van der Waals surface area (Å²) in [5.41, 5.74) is 0.682. The quantitative estimate of drug-likeness (QED) is 0.811. The van der Waals surface area contributed by atoms with Crippen molar-refractivity contribution in [1.29, 1.82) is 0 Å². The zero-order valence-electron chi connectivity index (χ0n) is 16.3. The van der Waals surface area contributed by atoms with Crippen molar-refractivity contribution in [3.05, 3.63) is 24.3 Å². The van der Waals surface area contributed by atoms with Gasteiger partial charge in [0.1, 0.15) is 5.75 Å². The van der Waals surface area contributed by atoms with E-state index in [0.717, 1.165) is 12.8 Å². The molecule has 0 unspecified atom stereocenters. The number of likely N-dealkylation sites (N-methyl/N-ethyl adjacent to an activating group) is 2. The lowest BCUT2D eigenvalue weighted by Crippen LogP contribution is -2.49. The van der Waals surface area contributed by atoms with E-state index in [1.165, 1.54) is 19.3 Å². The van der Waals surface area contributed by atoms with E-state index in [4.69, 9.17) is 4.74 Å². The van der Waals surface area contributed by atoms with Gasteiger partial charge < -0.3 is 15.0 Å². The Balaban J connectivity index is 1.87. The second-order valence-electron chi connectivity index (χ2n) is 7.11. The lowest BCUT2D eigenvalue weighted by Gasteiger charge is -2.35. The molecule has 1 aliphatic carbocycles. The lowest BCUT2D eigenvalue weighted by molar-refractivity contribution is -0.137. The summed E-state index contributed by atoms with van der Waals surface area (Å²) in [6, 6.07) is 7.22. The molecule has 0 aliphatic heterocycles. The third-order valence-electron chi connectivity index (χ3n) is 5.24. The molecule has 0 saturated heterocycles. The second-order valence-corrected chi connectivity index (χ2v) is 7.11. The van der Waals surface area contributed by atoms with Gasteiger partial charge in [-0.25, -0.2) is 0 Å². The third-order valence-corrected chi connectivity index (χ3v) is 5.24. The van der Waals surface area contributed by atoms with Crippen molar-refractivity contribution >= 4 is 17.5 Å². The van der Waals surface area contributed by atoms with E-state index in [0.29, 0.717) is 17.5 Å². The minimum Gasteiger partial charge on any atom is -0.497 e. The molecular formula is C20H31N3O3. The average Bonchev–Trinajstić information content (AvgIpc) is 2.66. The van der Waals surface area contributed by atoms with E-state index in [2.05, 4.69) is 5.32 Å². The molecule has 1 saturated carbocycles. The molecule has 1 fully saturated rings. The van der Waals surface area contributed by atoms with E-state index >= 15 is 0 Å². The van der Waals surface area contributed by atoms with Gasteiger partial charge in [0.05, 0.1) is 19.7 Å². The SMILES string of the molecule is COc1cccc(NC(=O)CN(C)[C@@H](C)C(=O)N(C)C2CCCCC2)c1. The summed E-state index contributed by atoms with van der Waals surface area (Å²) in [4.78, 5) is 28.7. The minimum absolute atomic E-state index is 0.0774. The van der Waals surface area contributed by atoms with Gasteiger partial charge in [-0.15, -0.1) is 0 Å². The average molecular weight is 361 g/mol. The molecular weight excluding hydrogens is 330 g/mol. The Hall–Kier alpha value is -2.08. The van der Waals surface area contributed by atoms with Crippen LogP contribution in [0.3, 0.4) is 0 Å². The van der Waals surface area contributed by atoms with Crippen LogP contribution >= 0.6 is 0 Å². The highest BCUT2D eigenvalue weighted by molar-refractivity contribution is 5.93. The fourth-order valence-electron chi connectivity index (χ4n) is 3.40. The van der Waals surface area contributed by atoms with Crippen molar-refractivity contribution in [2.24, 2.45) is 0 Å². The van der Waals surface area contributed by atoms with Crippen LogP contribution < -0.4 is 10.1 Å². The van der Waals surface area contributed by atoms with Crippen LogP contribution in [0.15, 0.2) is 24.3 Å². The summed E-state index contributed by atoms with van der Waals surface area (Å²) in [5, 5.41) is 2.85. The van der Waals surface area contributed by atoms with Crippen molar-refractivity contribution in [2.75, 3.05) is 33.1 Å². The van der Waals surface area contributed by atoms with E-state index in [1.54, 1.807) is 18.1 Å². The van der Waals surface area contributed by atoms with Crippen molar-refractivity contribution in [1.82, 2.24) is 9.80 Å². The standard InChI is InChI=1S/C20H31N3O3/c1-15(20(25)23(3)17-10-6-5-7-11-17)22(2)14-19(24)21-16-9-8-12-18(13-16)26-4/h8-9,12-13,15,17H,5-7,10-11,14H2,1-4H3,(H,21,24)/t15-/m0/s1. The van der Waals surface area contributed by atoms with Gasteiger partial charge in [-0.1, -0.05) is 25.3 Å². The highest BCUT2D eigenvalue weighted by Gasteiger charge is 2.28. The number of carbonyl (C=O) groups excluding carboxylic acids is 2. The number of amides is 2. The first-order valence-electron chi connectivity index (χ1n) is 9.33. The van der Waals surface area contributed by atoms with Gasteiger partial charge in [0.15, 0.2) is 0 Å². The fraction of sp³-hybridized carbons (Fsp3) is 0.600. The maximum atomic E-state index is 12.7. The highest BCUT2D eigenvalue weighted by atomic mass is 16.5. The van der Waals surface area contributed by atoms with Crippen LogP contribution in [0.4, 0.5) is 5.69 Å². The summed E-state index contributed by atoms with van der Waals surface area (Å²) < 4.78 is 5.16. The number of carbonyl (C=O) groups is 2. The molecule has 0 heterocycles. The normalized spacial score (nSPS) is 16.2. The summed E-state index contributed by atoms with van der Waals surface area (Å²) in [6.07, 6.45) is 5.80. The van der Waals surface area contributed by atoms with E-state index in [9.17, 15) is 9.59 Å². The van der Waals surface area contributed by atoms with E-state index < -0.39 is 0 Å². The van der Waals surface area contributed by atoms with Crippen LogP contribution in [0.25, 0.3) is 0 Å². The molecule has 2 rings (SSSR count). The first-order chi connectivity index (χ1) is 12.4. The largest absolute Gasteiger partial charge is 0.497 e. The van der Waals surface area contributed by atoms with Gasteiger partial charge in [0, 0.05) is 24.8 Å². The van der Waals surface area contributed by atoms with Crippen molar-refractivity contribution in [3.63, 3.8) is 0 Å². The Morgan fingerprint density at radius 1 is 1.23 bits per heavy atom. The van der Waals surface area contributed by atoms with Crippen molar-refractivity contribution in [2.45, 2.75) is 51.1 Å². The van der Waals surface area contributed by atoms with Crippen LogP contribution in [0, 0.1) is 0 Å². The number of nitrogens with zero attached hydrogens (tertiary/aromatic N) is 2. The molecule has 0 bridgehead atoms. The summed E-state index contributed by atoms with van der Waals surface area (Å²) in [5.74, 6) is 0.614. The predicted molar refractivity (Wildman–Crippen MR) is 103 cm³/mol. The monoisotopic (exact) mass is 361 g/mol. The predicted octanol–water partition coefficient (Wildman–Crippen LogP) is 2.75. The minimum atomic E-state index is -0.335.